The van der Waals surface area contributed by atoms with E-state index in [1.165, 1.54) is 155 Å². The molecule has 0 rings (SSSR count). The van der Waals surface area contributed by atoms with Gasteiger partial charge in [-0.3, -0.25) is 0 Å². The zero-order valence-electron chi connectivity index (χ0n) is 22.5. The number of carbonyl (C=O) groups is 1. The number of unbranched alkanes of at least 4 members (excludes halogenated alkanes) is 23. The van der Waals surface area contributed by atoms with Gasteiger partial charge in [0.25, 0.3) is 0 Å². The number of hydrogen-bond acceptors (Lipinski definition) is 3. The van der Waals surface area contributed by atoms with Crippen molar-refractivity contribution >= 4 is 5.97 Å². The SMILES string of the molecule is CC(O)C(=O)O.CCCCCCCCCCCCCCCCCCCCCCCCCCO. The lowest BCUT2D eigenvalue weighted by Crippen LogP contribution is -2.13. The van der Waals surface area contributed by atoms with E-state index in [2.05, 4.69) is 6.92 Å². The van der Waals surface area contributed by atoms with Crippen molar-refractivity contribution in [2.75, 3.05) is 6.61 Å². The number of carboxylic acid groups (broad SMARTS) is 1. The van der Waals surface area contributed by atoms with Crippen LogP contribution >= 0.6 is 0 Å². The topological polar surface area (TPSA) is 77.8 Å². The van der Waals surface area contributed by atoms with Gasteiger partial charge < -0.3 is 15.3 Å². The van der Waals surface area contributed by atoms with Crippen LogP contribution in [0.1, 0.15) is 168 Å². The molecule has 0 aliphatic rings. The third kappa shape index (κ3) is 36.1. The Kier molecular flexibility index (Phi) is 32.9. The number of aliphatic hydroxyl groups is 2. The molecule has 3 N–H and O–H groups in total. The van der Waals surface area contributed by atoms with Crippen molar-refractivity contribution in [2.24, 2.45) is 0 Å². The van der Waals surface area contributed by atoms with E-state index in [0.29, 0.717) is 6.61 Å². The van der Waals surface area contributed by atoms with Gasteiger partial charge >= 0.3 is 5.97 Å². The molecule has 0 amide bonds. The summed E-state index contributed by atoms with van der Waals surface area (Å²) in [5.41, 5.74) is 0. The highest BCUT2D eigenvalue weighted by Gasteiger charge is 2.01. The Labute approximate surface area is 207 Å². The molecule has 0 spiro atoms. The summed E-state index contributed by atoms with van der Waals surface area (Å²) < 4.78 is 0. The van der Waals surface area contributed by atoms with Crippen molar-refractivity contribution in [2.45, 2.75) is 174 Å². The van der Waals surface area contributed by atoms with Gasteiger partial charge in [-0.05, 0) is 13.3 Å². The summed E-state index contributed by atoms with van der Waals surface area (Å²) >= 11 is 0. The normalized spacial score (nSPS) is 11.8. The van der Waals surface area contributed by atoms with Crippen LogP contribution < -0.4 is 0 Å². The predicted octanol–water partition coefficient (Wildman–Crippen LogP) is 8.81. The molecular weight excluding hydrogens is 412 g/mol. The van der Waals surface area contributed by atoms with Crippen LogP contribution in [0.25, 0.3) is 0 Å². The van der Waals surface area contributed by atoms with E-state index in [1.807, 2.05) is 0 Å². The van der Waals surface area contributed by atoms with Crippen LogP contribution in [-0.2, 0) is 4.79 Å². The summed E-state index contributed by atoms with van der Waals surface area (Å²) in [5.74, 6) is -1.19. The molecule has 0 aliphatic heterocycles. The standard InChI is InChI=1S/C26H54O.C3H6O3/c1-2-3-4-5-6-7-8-9-10-11-12-13-14-15-16-17-18-19-20-21-22-23-24-25-26-27;1-2(4)3(5)6/h27H,2-26H2,1H3;2,4H,1H3,(H,5,6). The van der Waals surface area contributed by atoms with Crippen molar-refractivity contribution in [3.05, 3.63) is 0 Å². The fraction of sp³-hybridized carbons (Fsp3) is 0.966. The average molecular weight is 473 g/mol. The van der Waals surface area contributed by atoms with E-state index >= 15 is 0 Å². The third-order valence-corrected chi connectivity index (χ3v) is 6.37. The molecule has 0 saturated carbocycles. The first kappa shape index (κ1) is 34.6. The maximum atomic E-state index is 9.45. The number of hydrogen-bond donors (Lipinski definition) is 3. The molecule has 4 heteroatoms. The summed E-state index contributed by atoms with van der Waals surface area (Å²) in [6, 6.07) is 0. The second kappa shape index (κ2) is 31.4. The van der Waals surface area contributed by atoms with Crippen LogP contribution in [-0.4, -0.2) is 34.0 Å². The molecule has 200 valence electrons. The lowest BCUT2D eigenvalue weighted by molar-refractivity contribution is -0.145. The average Bonchev–Trinajstić information content (AvgIpc) is 2.80. The maximum absolute atomic E-state index is 9.45. The fourth-order valence-electron chi connectivity index (χ4n) is 4.07. The quantitative estimate of drug-likeness (QED) is 0.116. The molecule has 33 heavy (non-hydrogen) atoms. The summed E-state index contributed by atoms with van der Waals surface area (Å²) in [5, 5.41) is 24.5. The molecule has 0 radical (unpaired) electrons. The number of carboxylic acids is 1. The van der Waals surface area contributed by atoms with Gasteiger partial charge in [-0.15, -0.1) is 0 Å². The van der Waals surface area contributed by atoms with Crippen LogP contribution in [0.2, 0.25) is 0 Å². The first-order chi connectivity index (χ1) is 16.1. The van der Waals surface area contributed by atoms with Gasteiger partial charge in [0.15, 0.2) is 0 Å². The zero-order valence-corrected chi connectivity index (χ0v) is 22.5. The summed E-state index contributed by atoms with van der Waals surface area (Å²) in [4.78, 5) is 9.45. The van der Waals surface area contributed by atoms with Crippen molar-refractivity contribution in [1.82, 2.24) is 0 Å². The van der Waals surface area contributed by atoms with Gasteiger partial charge in [-0.1, -0.05) is 155 Å². The molecule has 0 aromatic rings. The zero-order chi connectivity index (χ0) is 24.8. The smallest absolute Gasteiger partial charge is 0.332 e. The molecule has 1 atom stereocenters. The van der Waals surface area contributed by atoms with Crippen LogP contribution in [0, 0.1) is 0 Å². The molecule has 0 aliphatic carbocycles. The number of rotatable bonds is 25. The minimum atomic E-state index is -1.23. The molecule has 0 heterocycles. The van der Waals surface area contributed by atoms with Crippen molar-refractivity contribution in [3.8, 4) is 0 Å². The lowest BCUT2D eigenvalue weighted by atomic mass is 10.0. The van der Waals surface area contributed by atoms with Crippen LogP contribution in [0.4, 0.5) is 0 Å². The van der Waals surface area contributed by atoms with E-state index in [0.717, 1.165) is 6.42 Å². The van der Waals surface area contributed by atoms with E-state index in [9.17, 15) is 4.79 Å². The second-order valence-electron chi connectivity index (χ2n) is 9.87. The number of aliphatic hydroxyl groups excluding tert-OH is 2. The highest BCUT2D eigenvalue weighted by atomic mass is 16.4. The molecule has 1 unspecified atom stereocenters. The van der Waals surface area contributed by atoms with E-state index in [1.54, 1.807) is 0 Å². The lowest BCUT2D eigenvalue weighted by Gasteiger charge is -2.04. The van der Waals surface area contributed by atoms with Gasteiger partial charge in [0.2, 0.25) is 0 Å². The van der Waals surface area contributed by atoms with Gasteiger partial charge in [0, 0.05) is 6.61 Å². The number of aliphatic carboxylic acids is 1. The Balaban J connectivity index is 0. The largest absolute Gasteiger partial charge is 0.479 e. The molecule has 0 aromatic carbocycles. The Hall–Kier alpha value is -0.610. The molecule has 0 aromatic heterocycles. The Morgan fingerprint density at radius 3 is 0.848 bits per heavy atom. The van der Waals surface area contributed by atoms with Gasteiger partial charge in [0.1, 0.15) is 6.10 Å². The summed E-state index contributed by atoms with van der Waals surface area (Å²) in [7, 11) is 0. The van der Waals surface area contributed by atoms with Gasteiger partial charge in [0.05, 0.1) is 0 Å². The van der Waals surface area contributed by atoms with Crippen molar-refractivity contribution in [3.63, 3.8) is 0 Å². The second-order valence-corrected chi connectivity index (χ2v) is 9.87. The fourth-order valence-corrected chi connectivity index (χ4v) is 4.07. The molecule has 0 saturated heterocycles. The van der Waals surface area contributed by atoms with Crippen molar-refractivity contribution in [1.29, 1.82) is 0 Å². The van der Waals surface area contributed by atoms with Crippen LogP contribution in [0.15, 0.2) is 0 Å². The van der Waals surface area contributed by atoms with E-state index < -0.39 is 12.1 Å². The summed E-state index contributed by atoms with van der Waals surface area (Å²) in [6.45, 7) is 3.87. The monoisotopic (exact) mass is 472 g/mol. The van der Waals surface area contributed by atoms with Crippen LogP contribution in [0.3, 0.4) is 0 Å². The highest BCUT2D eigenvalue weighted by molar-refractivity contribution is 5.71. The Morgan fingerprint density at radius 1 is 0.515 bits per heavy atom. The Bertz CT molecular complexity index is 334. The first-order valence-corrected chi connectivity index (χ1v) is 14.6. The minimum Gasteiger partial charge on any atom is -0.479 e. The minimum absolute atomic E-state index is 0.374. The predicted molar refractivity (Wildman–Crippen MR) is 143 cm³/mol. The van der Waals surface area contributed by atoms with E-state index in [-0.39, 0.29) is 0 Å². The Morgan fingerprint density at radius 2 is 0.697 bits per heavy atom. The van der Waals surface area contributed by atoms with Gasteiger partial charge in [-0.25, -0.2) is 4.79 Å². The van der Waals surface area contributed by atoms with Crippen molar-refractivity contribution < 1.29 is 20.1 Å². The molecular formula is C29H60O4. The molecule has 0 fully saturated rings. The maximum Gasteiger partial charge on any atom is 0.332 e. The molecule has 4 nitrogen and oxygen atoms in total. The molecule has 0 bridgehead atoms. The highest BCUT2D eigenvalue weighted by Crippen LogP contribution is 2.15. The van der Waals surface area contributed by atoms with Crippen LogP contribution in [0.5, 0.6) is 0 Å². The van der Waals surface area contributed by atoms with E-state index in [4.69, 9.17) is 15.3 Å². The summed E-state index contributed by atoms with van der Waals surface area (Å²) in [6.07, 6.45) is 32.9. The third-order valence-electron chi connectivity index (χ3n) is 6.37. The van der Waals surface area contributed by atoms with Gasteiger partial charge in [-0.2, -0.15) is 0 Å². The first-order valence-electron chi connectivity index (χ1n) is 14.6.